The Labute approximate surface area is 103 Å². The van der Waals surface area contributed by atoms with Crippen LogP contribution in [0.2, 0.25) is 0 Å². The van der Waals surface area contributed by atoms with Crippen molar-refractivity contribution >= 4 is 25.4 Å². The Morgan fingerprint density at radius 1 is 1.47 bits per heavy atom. The van der Waals surface area contributed by atoms with Gasteiger partial charge in [-0.2, -0.15) is 0 Å². The predicted octanol–water partition coefficient (Wildman–Crippen LogP) is 1.71. The number of nitrogens with zero attached hydrogens (tertiary/aromatic N) is 1. The fraction of sp³-hybridized carbons (Fsp3) is 0.333. The number of rotatable bonds is 5. The number of methoxy groups -OCH3 is 1. The van der Waals surface area contributed by atoms with Crippen molar-refractivity contribution in [3.05, 3.63) is 33.9 Å². The van der Waals surface area contributed by atoms with Gasteiger partial charge in [0.05, 0.1) is 23.9 Å². The number of hydrogen-bond acceptors (Lipinski definition) is 5. The third kappa shape index (κ3) is 4.20. The summed E-state index contributed by atoms with van der Waals surface area (Å²) in [5.74, 6) is -0.00368. The van der Waals surface area contributed by atoms with Crippen LogP contribution in [0, 0.1) is 10.1 Å². The van der Waals surface area contributed by atoms with E-state index >= 15 is 0 Å². The highest BCUT2D eigenvalue weighted by Gasteiger charge is 2.17. The first-order valence-corrected chi connectivity index (χ1v) is 7.05. The van der Waals surface area contributed by atoms with Crippen molar-refractivity contribution in [2.45, 2.75) is 6.42 Å². The zero-order valence-corrected chi connectivity index (χ0v) is 10.5. The van der Waals surface area contributed by atoms with Crippen LogP contribution in [0.25, 0.3) is 0 Å². The Morgan fingerprint density at radius 2 is 2.12 bits per heavy atom. The van der Waals surface area contributed by atoms with Gasteiger partial charge in [-0.25, -0.2) is 8.42 Å². The SMILES string of the molecule is COc1ccc(CCS(=O)(=O)Cl)c([N+](=O)[O-])c1. The Bertz CT molecular complexity index is 528. The van der Waals surface area contributed by atoms with Crippen molar-refractivity contribution in [2.24, 2.45) is 0 Å². The highest BCUT2D eigenvalue weighted by molar-refractivity contribution is 8.13. The molecule has 0 aliphatic rings. The number of ether oxygens (including phenoxy) is 1. The molecule has 0 atom stereocenters. The summed E-state index contributed by atoms with van der Waals surface area (Å²) in [4.78, 5) is 10.2. The van der Waals surface area contributed by atoms with Gasteiger partial charge in [0.2, 0.25) is 9.05 Å². The standard InChI is InChI=1S/C9H10ClNO5S/c1-16-8-3-2-7(4-5-17(10,14)15)9(6-8)11(12)13/h2-3,6H,4-5H2,1H3. The summed E-state index contributed by atoms with van der Waals surface area (Å²) in [5.41, 5.74) is 0.129. The first kappa shape index (κ1) is 13.7. The summed E-state index contributed by atoms with van der Waals surface area (Å²) in [7, 11) is 2.78. The molecule has 1 aromatic rings. The van der Waals surface area contributed by atoms with Gasteiger partial charge >= 0.3 is 0 Å². The van der Waals surface area contributed by atoms with E-state index in [0.29, 0.717) is 11.3 Å². The van der Waals surface area contributed by atoms with Crippen molar-refractivity contribution in [3.63, 3.8) is 0 Å². The molecule has 94 valence electrons. The Kier molecular flexibility index (Phi) is 4.30. The molecule has 0 aliphatic heterocycles. The summed E-state index contributed by atoms with van der Waals surface area (Å²) in [6.07, 6.45) is -0.00780. The molecular formula is C9H10ClNO5S. The highest BCUT2D eigenvalue weighted by Crippen LogP contribution is 2.25. The maximum atomic E-state index is 10.8. The largest absolute Gasteiger partial charge is 0.497 e. The monoisotopic (exact) mass is 279 g/mol. The molecule has 0 N–H and O–H groups in total. The summed E-state index contributed by atoms with van der Waals surface area (Å²) < 4.78 is 26.4. The van der Waals surface area contributed by atoms with Crippen molar-refractivity contribution in [2.75, 3.05) is 12.9 Å². The van der Waals surface area contributed by atoms with E-state index in [1.54, 1.807) is 0 Å². The van der Waals surface area contributed by atoms with Crippen molar-refractivity contribution in [1.29, 1.82) is 0 Å². The van der Waals surface area contributed by atoms with Gasteiger partial charge in [-0.1, -0.05) is 0 Å². The van der Waals surface area contributed by atoms with Crippen molar-refractivity contribution < 1.29 is 18.1 Å². The molecule has 0 unspecified atom stereocenters. The van der Waals surface area contributed by atoms with E-state index in [1.165, 1.54) is 25.3 Å². The van der Waals surface area contributed by atoms with Crippen LogP contribution in [-0.4, -0.2) is 26.2 Å². The van der Waals surface area contributed by atoms with Crippen LogP contribution in [0.15, 0.2) is 18.2 Å². The van der Waals surface area contributed by atoms with Gasteiger partial charge in [-0.05, 0) is 18.6 Å². The van der Waals surface area contributed by atoms with Gasteiger partial charge in [0.15, 0.2) is 0 Å². The molecule has 0 heterocycles. The van der Waals surface area contributed by atoms with Crippen molar-refractivity contribution in [3.8, 4) is 5.75 Å². The summed E-state index contributed by atoms with van der Waals surface area (Å²) >= 11 is 0. The topological polar surface area (TPSA) is 86.5 Å². The molecule has 0 saturated carbocycles. The number of nitro groups is 1. The Balaban J connectivity index is 3.03. The van der Waals surface area contributed by atoms with E-state index in [1.807, 2.05) is 0 Å². The summed E-state index contributed by atoms with van der Waals surface area (Å²) in [6, 6.07) is 4.23. The first-order valence-electron chi connectivity index (χ1n) is 4.57. The molecule has 8 heteroatoms. The lowest BCUT2D eigenvalue weighted by Gasteiger charge is -2.04. The zero-order valence-electron chi connectivity index (χ0n) is 8.92. The van der Waals surface area contributed by atoms with Crippen LogP contribution >= 0.6 is 10.7 Å². The van der Waals surface area contributed by atoms with Crippen LogP contribution in [0.4, 0.5) is 5.69 Å². The normalized spacial score (nSPS) is 11.2. The minimum atomic E-state index is -3.66. The second-order valence-corrected chi connectivity index (χ2v) is 6.14. The molecular weight excluding hydrogens is 270 g/mol. The van der Waals surface area contributed by atoms with Crippen LogP contribution < -0.4 is 4.74 Å². The van der Waals surface area contributed by atoms with Gasteiger partial charge in [-0.15, -0.1) is 0 Å². The van der Waals surface area contributed by atoms with E-state index in [4.69, 9.17) is 15.4 Å². The lowest BCUT2D eigenvalue weighted by atomic mass is 10.1. The average Bonchev–Trinajstić information content (AvgIpc) is 2.25. The average molecular weight is 280 g/mol. The maximum absolute atomic E-state index is 10.8. The molecule has 0 aliphatic carbocycles. The Hall–Kier alpha value is -1.34. The minimum Gasteiger partial charge on any atom is -0.497 e. The van der Waals surface area contributed by atoms with E-state index in [9.17, 15) is 18.5 Å². The second-order valence-electron chi connectivity index (χ2n) is 3.24. The Morgan fingerprint density at radius 3 is 2.59 bits per heavy atom. The van der Waals surface area contributed by atoms with Crippen LogP contribution in [-0.2, 0) is 15.5 Å². The molecule has 1 aromatic carbocycles. The van der Waals surface area contributed by atoms with Gasteiger partial charge in [0.1, 0.15) is 5.75 Å². The van der Waals surface area contributed by atoms with Gasteiger partial charge in [0, 0.05) is 16.2 Å². The predicted molar refractivity (Wildman–Crippen MR) is 63.0 cm³/mol. The maximum Gasteiger partial charge on any atom is 0.276 e. The smallest absolute Gasteiger partial charge is 0.276 e. The number of benzene rings is 1. The number of nitro benzene ring substituents is 1. The van der Waals surface area contributed by atoms with Crippen LogP contribution in [0.1, 0.15) is 5.56 Å². The van der Waals surface area contributed by atoms with E-state index in [-0.39, 0.29) is 17.9 Å². The summed E-state index contributed by atoms with van der Waals surface area (Å²) in [6.45, 7) is 0. The van der Waals surface area contributed by atoms with E-state index in [0.717, 1.165) is 0 Å². The summed E-state index contributed by atoms with van der Waals surface area (Å²) in [5, 5.41) is 10.8. The van der Waals surface area contributed by atoms with E-state index in [2.05, 4.69) is 0 Å². The molecule has 1 rings (SSSR count). The molecule has 17 heavy (non-hydrogen) atoms. The van der Waals surface area contributed by atoms with Gasteiger partial charge < -0.3 is 4.74 Å². The lowest BCUT2D eigenvalue weighted by molar-refractivity contribution is -0.385. The van der Waals surface area contributed by atoms with Crippen LogP contribution in [0.3, 0.4) is 0 Å². The highest BCUT2D eigenvalue weighted by atomic mass is 35.7. The molecule has 0 bridgehead atoms. The fourth-order valence-corrected chi connectivity index (χ4v) is 1.98. The number of aryl methyl sites for hydroxylation is 1. The first-order chi connectivity index (χ1) is 7.83. The fourth-order valence-electron chi connectivity index (χ4n) is 1.28. The van der Waals surface area contributed by atoms with Gasteiger partial charge in [0.25, 0.3) is 5.69 Å². The molecule has 0 radical (unpaired) electrons. The zero-order chi connectivity index (χ0) is 13.1. The molecule has 0 fully saturated rings. The third-order valence-corrected chi connectivity index (χ3v) is 3.26. The van der Waals surface area contributed by atoms with Crippen LogP contribution in [0.5, 0.6) is 5.75 Å². The molecule has 0 saturated heterocycles. The molecule has 0 aromatic heterocycles. The van der Waals surface area contributed by atoms with Gasteiger partial charge in [-0.3, -0.25) is 10.1 Å². The minimum absolute atomic E-state index is 0.00780. The van der Waals surface area contributed by atoms with Crippen molar-refractivity contribution in [1.82, 2.24) is 0 Å². The second kappa shape index (κ2) is 5.33. The van der Waals surface area contributed by atoms with E-state index < -0.39 is 14.0 Å². The quantitative estimate of drug-likeness (QED) is 0.465. The molecule has 6 nitrogen and oxygen atoms in total. The number of hydrogen-bond donors (Lipinski definition) is 0. The number of halogens is 1. The molecule has 0 amide bonds. The third-order valence-electron chi connectivity index (χ3n) is 2.10. The molecule has 0 spiro atoms. The lowest BCUT2D eigenvalue weighted by Crippen LogP contribution is -2.04.